The Hall–Kier alpha value is -0.690. The summed E-state index contributed by atoms with van der Waals surface area (Å²) in [5, 5.41) is 0. The maximum atomic E-state index is 12.4. The minimum atomic E-state index is -3.50. The topological polar surface area (TPSA) is 46.2 Å². The van der Waals surface area contributed by atoms with Crippen molar-refractivity contribution in [2.24, 2.45) is 0 Å². The van der Waals surface area contributed by atoms with Crippen molar-refractivity contribution in [3.05, 3.63) is 50.1 Å². The first-order valence-electron chi connectivity index (χ1n) is 6.15. The van der Waals surface area contributed by atoms with Crippen LogP contribution in [0.1, 0.15) is 29.0 Å². The van der Waals surface area contributed by atoms with Crippen LogP contribution in [0.2, 0.25) is 0 Å². The molecule has 0 aliphatic carbocycles. The Morgan fingerprint density at radius 3 is 2.45 bits per heavy atom. The Morgan fingerprint density at radius 1 is 1.25 bits per heavy atom. The van der Waals surface area contributed by atoms with Gasteiger partial charge in [0, 0.05) is 10.9 Å². The van der Waals surface area contributed by atoms with E-state index in [1.54, 1.807) is 6.07 Å². The van der Waals surface area contributed by atoms with Crippen LogP contribution >= 0.6 is 27.3 Å². The minimum absolute atomic E-state index is 0.265. The second kappa shape index (κ2) is 5.97. The van der Waals surface area contributed by atoms with Crippen molar-refractivity contribution in [3.8, 4) is 0 Å². The molecule has 0 spiro atoms. The summed E-state index contributed by atoms with van der Waals surface area (Å²) in [6.07, 6.45) is 0. The lowest BCUT2D eigenvalue weighted by molar-refractivity contribution is 0.566. The molecule has 1 atom stereocenters. The molecule has 2 rings (SSSR count). The third-order valence-corrected chi connectivity index (χ3v) is 6.47. The van der Waals surface area contributed by atoms with Crippen LogP contribution in [0.25, 0.3) is 0 Å². The van der Waals surface area contributed by atoms with Gasteiger partial charge in [-0.1, -0.05) is 24.3 Å². The van der Waals surface area contributed by atoms with Gasteiger partial charge in [-0.3, -0.25) is 0 Å². The monoisotopic (exact) mass is 373 g/mol. The number of nitrogens with one attached hydrogen (secondary N) is 1. The zero-order valence-corrected chi connectivity index (χ0v) is 14.7. The van der Waals surface area contributed by atoms with Crippen molar-refractivity contribution in [1.82, 2.24) is 4.72 Å². The van der Waals surface area contributed by atoms with Gasteiger partial charge in [0.15, 0.2) is 0 Å². The van der Waals surface area contributed by atoms with Gasteiger partial charge in [0.1, 0.15) is 0 Å². The van der Waals surface area contributed by atoms with Crippen molar-refractivity contribution < 1.29 is 8.42 Å². The number of thiophene rings is 1. The maximum absolute atomic E-state index is 12.4. The lowest BCUT2D eigenvalue weighted by Gasteiger charge is -2.16. The number of hydrogen-bond acceptors (Lipinski definition) is 3. The highest BCUT2D eigenvalue weighted by atomic mass is 79.9. The predicted molar refractivity (Wildman–Crippen MR) is 86.7 cm³/mol. The number of halogens is 1. The Labute approximate surface area is 132 Å². The van der Waals surface area contributed by atoms with E-state index in [1.165, 1.54) is 11.3 Å². The Kier molecular flexibility index (Phi) is 4.69. The average Bonchev–Trinajstić information content (AvgIpc) is 2.69. The summed E-state index contributed by atoms with van der Waals surface area (Å²) in [5.41, 5.74) is 2.06. The molecule has 1 N–H and O–H groups in total. The average molecular weight is 374 g/mol. The molecule has 0 aliphatic rings. The Morgan fingerprint density at radius 2 is 1.90 bits per heavy atom. The lowest BCUT2D eigenvalue weighted by Crippen LogP contribution is -2.27. The van der Waals surface area contributed by atoms with E-state index in [0.717, 1.165) is 19.8 Å². The van der Waals surface area contributed by atoms with Crippen molar-refractivity contribution in [2.45, 2.75) is 31.7 Å². The molecule has 1 unspecified atom stereocenters. The Bertz CT molecular complexity index is 723. The molecule has 1 heterocycles. The standard InChI is InChI=1S/C14H16BrNO2S2/c1-9-6-4-5-7-12(9)10(2)16-20(17,18)13-8-14(15)19-11(13)3/h4-8,10,16H,1-3H3. The molecule has 0 bridgehead atoms. The van der Waals surface area contributed by atoms with Crippen LogP contribution in [0, 0.1) is 13.8 Å². The molecular formula is C14H16BrNO2S2. The van der Waals surface area contributed by atoms with E-state index in [0.29, 0.717) is 4.90 Å². The van der Waals surface area contributed by atoms with Crippen molar-refractivity contribution >= 4 is 37.3 Å². The quantitative estimate of drug-likeness (QED) is 0.873. The zero-order valence-electron chi connectivity index (χ0n) is 11.5. The van der Waals surface area contributed by atoms with Gasteiger partial charge in [-0.25, -0.2) is 13.1 Å². The molecule has 108 valence electrons. The molecule has 0 saturated carbocycles. The van der Waals surface area contributed by atoms with Crippen molar-refractivity contribution in [1.29, 1.82) is 0 Å². The summed E-state index contributed by atoms with van der Waals surface area (Å²) in [4.78, 5) is 1.12. The lowest BCUT2D eigenvalue weighted by atomic mass is 10.0. The summed E-state index contributed by atoms with van der Waals surface area (Å²) < 4.78 is 28.4. The van der Waals surface area contributed by atoms with Gasteiger partial charge >= 0.3 is 0 Å². The van der Waals surface area contributed by atoms with Gasteiger partial charge < -0.3 is 0 Å². The highest BCUT2D eigenvalue weighted by molar-refractivity contribution is 9.11. The first kappa shape index (κ1) is 15.7. The van der Waals surface area contributed by atoms with Gasteiger partial charge in [-0.15, -0.1) is 11.3 Å². The molecule has 3 nitrogen and oxygen atoms in total. The SMILES string of the molecule is Cc1ccccc1C(C)NS(=O)(=O)c1cc(Br)sc1C. The predicted octanol–water partition coefficient (Wildman–Crippen LogP) is 4.17. The van der Waals surface area contributed by atoms with E-state index in [2.05, 4.69) is 20.7 Å². The van der Waals surface area contributed by atoms with E-state index in [9.17, 15) is 8.42 Å². The molecule has 0 amide bonds. The largest absolute Gasteiger partial charge is 0.242 e. The molecule has 1 aromatic heterocycles. The fourth-order valence-corrected chi connectivity index (χ4v) is 5.77. The van der Waals surface area contributed by atoms with Crippen molar-refractivity contribution in [3.63, 3.8) is 0 Å². The normalized spacial score (nSPS) is 13.4. The first-order chi connectivity index (χ1) is 9.31. The van der Waals surface area contributed by atoms with Gasteiger partial charge in [0.05, 0.1) is 8.68 Å². The fourth-order valence-electron chi connectivity index (χ4n) is 2.13. The van der Waals surface area contributed by atoms with Gasteiger partial charge in [0.25, 0.3) is 0 Å². The highest BCUT2D eigenvalue weighted by Crippen LogP contribution is 2.30. The fraction of sp³-hybridized carbons (Fsp3) is 0.286. The van der Waals surface area contributed by atoms with Crippen LogP contribution in [-0.2, 0) is 10.0 Å². The van der Waals surface area contributed by atoms with E-state index < -0.39 is 10.0 Å². The van der Waals surface area contributed by atoms with Gasteiger partial charge in [-0.05, 0) is 53.9 Å². The molecule has 0 saturated heterocycles. The van der Waals surface area contributed by atoms with Crippen LogP contribution in [0.4, 0.5) is 0 Å². The number of hydrogen-bond donors (Lipinski definition) is 1. The molecule has 20 heavy (non-hydrogen) atoms. The zero-order chi connectivity index (χ0) is 14.9. The van der Waals surface area contributed by atoms with Crippen LogP contribution in [-0.4, -0.2) is 8.42 Å². The first-order valence-corrected chi connectivity index (χ1v) is 9.24. The highest BCUT2D eigenvalue weighted by Gasteiger charge is 2.22. The van der Waals surface area contributed by atoms with Gasteiger partial charge in [0.2, 0.25) is 10.0 Å². The van der Waals surface area contributed by atoms with E-state index in [-0.39, 0.29) is 6.04 Å². The van der Waals surface area contributed by atoms with Gasteiger partial charge in [-0.2, -0.15) is 0 Å². The third-order valence-electron chi connectivity index (χ3n) is 3.12. The summed E-state index contributed by atoms with van der Waals surface area (Å²) in [5.74, 6) is 0. The maximum Gasteiger partial charge on any atom is 0.242 e. The molecule has 0 fully saturated rings. The van der Waals surface area contributed by atoms with Crippen LogP contribution in [0.5, 0.6) is 0 Å². The molecule has 0 radical (unpaired) electrons. The minimum Gasteiger partial charge on any atom is -0.207 e. The van der Waals surface area contributed by atoms with Crippen LogP contribution < -0.4 is 4.72 Å². The van der Waals surface area contributed by atoms with Crippen LogP contribution in [0.3, 0.4) is 0 Å². The van der Waals surface area contributed by atoms with E-state index >= 15 is 0 Å². The smallest absolute Gasteiger partial charge is 0.207 e. The summed E-state index contributed by atoms with van der Waals surface area (Å²) in [6.45, 7) is 5.64. The Balaban J connectivity index is 2.29. The second-order valence-corrected chi connectivity index (χ2v) is 8.99. The molecule has 2 aromatic rings. The summed E-state index contributed by atoms with van der Waals surface area (Å²) >= 11 is 4.74. The molecule has 0 aliphatic heterocycles. The summed E-state index contributed by atoms with van der Waals surface area (Å²) in [7, 11) is -3.50. The molecule has 1 aromatic carbocycles. The van der Waals surface area contributed by atoms with Crippen LogP contribution in [0.15, 0.2) is 39.0 Å². The summed E-state index contributed by atoms with van der Waals surface area (Å²) in [6, 6.07) is 9.16. The molecule has 6 heteroatoms. The third kappa shape index (κ3) is 3.31. The number of rotatable bonds is 4. The van der Waals surface area contributed by atoms with E-state index in [4.69, 9.17) is 0 Å². The number of benzene rings is 1. The second-order valence-electron chi connectivity index (χ2n) is 4.67. The molecular weight excluding hydrogens is 358 g/mol. The van der Waals surface area contributed by atoms with E-state index in [1.807, 2.05) is 45.0 Å². The number of sulfonamides is 1. The van der Waals surface area contributed by atoms with Crippen molar-refractivity contribution in [2.75, 3.05) is 0 Å². The number of aryl methyl sites for hydroxylation is 2.